The third-order valence-corrected chi connectivity index (χ3v) is 5.76. The highest BCUT2D eigenvalue weighted by atomic mass is 127. The molecular weight excluding hydrogens is 505 g/mol. The van der Waals surface area contributed by atoms with Crippen molar-refractivity contribution in [3.8, 4) is 0 Å². The van der Waals surface area contributed by atoms with Gasteiger partial charge in [-0.05, 0) is 32.4 Å². The zero-order valence-electron chi connectivity index (χ0n) is 19.1. The molecule has 2 fully saturated rings. The first-order chi connectivity index (χ1) is 14.8. The van der Waals surface area contributed by atoms with Crippen molar-refractivity contribution in [3.05, 3.63) is 35.4 Å². The molecule has 1 unspecified atom stereocenters. The van der Waals surface area contributed by atoms with Gasteiger partial charge in [0.25, 0.3) is 0 Å². The van der Waals surface area contributed by atoms with Crippen LogP contribution in [0.4, 0.5) is 0 Å². The van der Waals surface area contributed by atoms with Gasteiger partial charge in [-0.3, -0.25) is 14.8 Å². The number of guanidine groups is 1. The molecule has 3 rings (SSSR count). The van der Waals surface area contributed by atoms with Crippen LogP contribution >= 0.6 is 24.0 Å². The van der Waals surface area contributed by atoms with E-state index >= 15 is 0 Å². The number of ether oxygens (including phenoxy) is 2. The van der Waals surface area contributed by atoms with Gasteiger partial charge < -0.3 is 20.1 Å². The molecule has 0 spiro atoms. The Balaban J connectivity index is 0.00000341. The molecule has 0 aromatic heterocycles. The highest BCUT2D eigenvalue weighted by Gasteiger charge is 2.22. The average Bonchev–Trinajstić information content (AvgIpc) is 2.79. The largest absolute Gasteiger partial charge is 0.379 e. The minimum absolute atomic E-state index is 0. The van der Waals surface area contributed by atoms with Crippen LogP contribution in [0.1, 0.15) is 30.5 Å². The summed E-state index contributed by atoms with van der Waals surface area (Å²) in [4.78, 5) is 9.92. The summed E-state index contributed by atoms with van der Waals surface area (Å²) in [5.74, 6) is 0.907. The van der Waals surface area contributed by atoms with Crippen LogP contribution in [-0.2, 0) is 9.47 Å². The number of hydrogen-bond donors (Lipinski definition) is 2. The third-order valence-electron chi connectivity index (χ3n) is 5.76. The van der Waals surface area contributed by atoms with Gasteiger partial charge in [0.2, 0.25) is 0 Å². The molecular formula is C23H40IN5O2. The summed E-state index contributed by atoms with van der Waals surface area (Å²) in [6.07, 6.45) is 1.11. The molecule has 31 heavy (non-hydrogen) atoms. The molecule has 0 radical (unpaired) electrons. The van der Waals surface area contributed by atoms with Gasteiger partial charge >= 0.3 is 0 Å². The molecule has 1 atom stereocenters. The summed E-state index contributed by atoms with van der Waals surface area (Å²) in [6, 6.07) is 9.16. The molecule has 2 heterocycles. The Morgan fingerprint density at radius 1 is 1.00 bits per heavy atom. The predicted octanol–water partition coefficient (Wildman–Crippen LogP) is 2.26. The third kappa shape index (κ3) is 9.21. The molecule has 0 amide bonds. The Kier molecular flexibility index (Phi) is 12.7. The first-order valence-corrected chi connectivity index (χ1v) is 11.5. The molecule has 1 aromatic rings. The number of rotatable bonds is 9. The normalized spacial score (nSPS) is 19.5. The molecule has 2 aliphatic heterocycles. The van der Waals surface area contributed by atoms with Crippen molar-refractivity contribution < 1.29 is 9.47 Å². The molecule has 2 N–H and O–H groups in total. The molecule has 176 valence electrons. The summed E-state index contributed by atoms with van der Waals surface area (Å²) >= 11 is 0. The van der Waals surface area contributed by atoms with Gasteiger partial charge in [-0.1, -0.05) is 29.8 Å². The second-order valence-corrected chi connectivity index (χ2v) is 8.03. The van der Waals surface area contributed by atoms with E-state index in [1.807, 2.05) is 0 Å². The zero-order valence-corrected chi connectivity index (χ0v) is 21.5. The maximum Gasteiger partial charge on any atom is 0.191 e. The van der Waals surface area contributed by atoms with E-state index in [1.165, 1.54) is 11.1 Å². The van der Waals surface area contributed by atoms with Crippen molar-refractivity contribution in [2.45, 2.75) is 26.3 Å². The van der Waals surface area contributed by atoms with Gasteiger partial charge in [0.05, 0.1) is 39.0 Å². The number of nitrogens with one attached hydrogen (secondary N) is 2. The Morgan fingerprint density at radius 2 is 1.65 bits per heavy atom. The van der Waals surface area contributed by atoms with Crippen molar-refractivity contribution in [3.63, 3.8) is 0 Å². The second-order valence-electron chi connectivity index (χ2n) is 8.03. The van der Waals surface area contributed by atoms with E-state index in [1.54, 1.807) is 0 Å². The van der Waals surface area contributed by atoms with Crippen molar-refractivity contribution in [1.29, 1.82) is 0 Å². The minimum atomic E-state index is 0. The van der Waals surface area contributed by atoms with Gasteiger partial charge in [0, 0.05) is 39.3 Å². The van der Waals surface area contributed by atoms with Crippen molar-refractivity contribution in [1.82, 2.24) is 20.4 Å². The van der Waals surface area contributed by atoms with Crippen molar-refractivity contribution in [2.75, 3.05) is 78.8 Å². The number of benzene rings is 1. The summed E-state index contributed by atoms with van der Waals surface area (Å²) in [7, 11) is 0. The number of morpholine rings is 2. The fourth-order valence-corrected chi connectivity index (χ4v) is 3.96. The van der Waals surface area contributed by atoms with E-state index in [4.69, 9.17) is 14.5 Å². The van der Waals surface area contributed by atoms with Crippen molar-refractivity contribution in [2.24, 2.45) is 4.99 Å². The van der Waals surface area contributed by atoms with Crippen LogP contribution < -0.4 is 10.6 Å². The number of hydrogen-bond acceptors (Lipinski definition) is 5. The predicted molar refractivity (Wildman–Crippen MR) is 138 cm³/mol. The molecule has 0 aliphatic carbocycles. The van der Waals surface area contributed by atoms with Crippen molar-refractivity contribution >= 4 is 29.9 Å². The SMILES string of the molecule is CCNC(=NCC(c1ccc(C)cc1)N1CCOCC1)NCCCN1CCOCC1.I. The second kappa shape index (κ2) is 15.0. The van der Waals surface area contributed by atoms with E-state index in [2.05, 4.69) is 58.5 Å². The molecule has 7 nitrogen and oxygen atoms in total. The molecule has 0 saturated carbocycles. The van der Waals surface area contributed by atoms with Crippen LogP contribution in [0.5, 0.6) is 0 Å². The molecule has 1 aromatic carbocycles. The highest BCUT2D eigenvalue weighted by molar-refractivity contribution is 14.0. The summed E-state index contributed by atoms with van der Waals surface area (Å²) in [5, 5.41) is 6.92. The number of aliphatic imine (C=N–C) groups is 1. The molecule has 2 aliphatic rings. The summed E-state index contributed by atoms with van der Waals surface area (Å²) in [5.41, 5.74) is 2.62. The first-order valence-electron chi connectivity index (χ1n) is 11.5. The number of aryl methyl sites for hydroxylation is 1. The van der Waals surface area contributed by atoms with Gasteiger partial charge in [0.1, 0.15) is 0 Å². The topological polar surface area (TPSA) is 61.4 Å². The minimum Gasteiger partial charge on any atom is -0.379 e. The lowest BCUT2D eigenvalue weighted by Gasteiger charge is -2.34. The average molecular weight is 546 g/mol. The van der Waals surface area contributed by atoms with Crippen LogP contribution in [-0.4, -0.2) is 94.5 Å². The van der Waals surface area contributed by atoms with Gasteiger partial charge in [-0.2, -0.15) is 0 Å². The van der Waals surface area contributed by atoms with Gasteiger partial charge in [-0.15, -0.1) is 24.0 Å². The lowest BCUT2D eigenvalue weighted by molar-refractivity contribution is 0.0179. The van der Waals surface area contributed by atoms with E-state index in [0.717, 1.165) is 91.2 Å². The van der Waals surface area contributed by atoms with Crippen LogP contribution in [0.25, 0.3) is 0 Å². The smallest absolute Gasteiger partial charge is 0.191 e. The first kappa shape index (κ1) is 26.3. The highest BCUT2D eigenvalue weighted by Crippen LogP contribution is 2.22. The van der Waals surface area contributed by atoms with Crippen LogP contribution in [0.2, 0.25) is 0 Å². The van der Waals surface area contributed by atoms with Crippen LogP contribution in [0.15, 0.2) is 29.3 Å². The standard InChI is InChI=1S/C23H39N5O2.HI/c1-3-24-23(25-9-4-10-27-11-15-29-16-12-27)26-19-22(28-13-17-30-18-14-28)21-7-5-20(2)6-8-21;/h5-8,22H,3-4,9-19H2,1-2H3,(H2,24,25,26);1H. The fraction of sp³-hybridized carbons (Fsp3) is 0.696. The number of halogens is 1. The maximum atomic E-state index is 5.57. The lowest BCUT2D eigenvalue weighted by atomic mass is 10.0. The van der Waals surface area contributed by atoms with E-state index in [0.29, 0.717) is 0 Å². The zero-order chi connectivity index (χ0) is 21.0. The van der Waals surface area contributed by atoms with Gasteiger partial charge in [0.15, 0.2) is 5.96 Å². The molecule has 2 saturated heterocycles. The monoisotopic (exact) mass is 545 g/mol. The molecule has 8 heteroatoms. The Labute approximate surface area is 205 Å². The lowest BCUT2D eigenvalue weighted by Crippen LogP contribution is -2.42. The summed E-state index contributed by atoms with van der Waals surface area (Å²) < 4.78 is 11.0. The summed E-state index contributed by atoms with van der Waals surface area (Å²) in [6.45, 7) is 15.2. The van der Waals surface area contributed by atoms with Crippen LogP contribution in [0, 0.1) is 6.92 Å². The quantitative estimate of drug-likeness (QED) is 0.215. The molecule has 0 bridgehead atoms. The van der Waals surface area contributed by atoms with E-state index < -0.39 is 0 Å². The number of nitrogens with zero attached hydrogens (tertiary/aromatic N) is 3. The Hall–Kier alpha value is -0.940. The van der Waals surface area contributed by atoms with E-state index in [-0.39, 0.29) is 30.0 Å². The van der Waals surface area contributed by atoms with E-state index in [9.17, 15) is 0 Å². The maximum absolute atomic E-state index is 5.57. The Morgan fingerprint density at radius 3 is 2.29 bits per heavy atom. The van der Waals surface area contributed by atoms with Gasteiger partial charge in [-0.25, -0.2) is 0 Å². The Bertz CT molecular complexity index is 631. The van der Waals surface area contributed by atoms with Crippen LogP contribution in [0.3, 0.4) is 0 Å². The fourth-order valence-electron chi connectivity index (χ4n) is 3.96.